The molecule has 3 aromatic heterocycles. The van der Waals surface area contributed by atoms with Crippen molar-refractivity contribution in [1.82, 2.24) is 45.3 Å². The van der Waals surface area contributed by atoms with Crippen LogP contribution < -0.4 is 10.6 Å². The number of Topliss-reactive ketones (excluding diaryl/α,β-unsaturated/α-hetero) is 1. The molecule has 408 valence electrons. The molecule has 0 radical (unpaired) electrons. The van der Waals surface area contributed by atoms with Crippen molar-refractivity contribution in [3.05, 3.63) is 154 Å². The van der Waals surface area contributed by atoms with Gasteiger partial charge in [0, 0.05) is 101 Å². The van der Waals surface area contributed by atoms with Gasteiger partial charge >= 0.3 is 0 Å². The second kappa shape index (κ2) is 28.2. The molecule has 2 aliphatic rings. The van der Waals surface area contributed by atoms with E-state index in [1.807, 2.05) is 98.8 Å². The highest BCUT2D eigenvalue weighted by atomic mass is 32.1. The number of nitrogens with zero attached hydrogens (tertiary/aromatic N) is 7. The summed E-state index contributed by atoms with van der Waals surface area (Å²) in [7, 11) is 0. The number of thiazole rings is 1. The highest BCUT2D eigenvalue weighted by Crippen LogP contribution is 2.29. The van der Waals surface area contributed by atoms with Gasteiger partial charge in [0.25, 0.3) is 0 Å². The van der Waals surface area contributed by atoms with Gasteiger partial charge in [0.05, 0.1) is 33.9 Å². The standard InChI is InChI=1S/C36H41N5O2.C26H38N4O3S/c1-3-4-5-8-36(43)41-20-18-40(19-21-41)26-28-11-13-30(14-12-28)34(42)23-29-10-9-27(2)32(22-29)24-35-38-17-15-33(39-35)31-7-6-16-37-25-31;1-6-7-12-27-23(26(3,4)5)25(33)30-15-20(31)13-21(30)24(32)28-14-18-8-10-19(11-9-18)22-17(2)29-16-34-22/h6-7,9-17,22,25H,3-5,8,18-21,23-24,26H2,1-2H3;8-11,16,20-21,23,27,31H,6-7,12-15H2,1-5H3,(H,28,32)/t;20-,21+,23-/m.1/s1. The second-order valence-electron chi connectivity index (χ2n) is 21.6. The predicted molar refractivity (Wildman–Crippen MR) is 306 cm³/mol. The number of hydrogen-bond acceptors (Lipinski definition) is 12. The molecule has 0 saturated carbocycles. The lowest BCUT2D eigenvalue weighted by Gasteiger charge is -2.35. The van der Waals surface area contributed by atoms with Crippen molar-refractivity contribution in [2.45, 2.75) is 138 Å². The van der Waals surface area contributed by atoms with Crippen LogP contribution in [0.3, 0.4) is 0 Å². The molecule has 2 fully saturated rings. The number of carbonyl (C=O) groups is 4. The topological polar surface area (TPSA) is 174 Å². The molecule has 0 spiro atoms. The molecular weight excluding hydrogens is 983 g/mol. The van der Waals surface area contributed by atoms with Crippen LogP contribution in [0.4, 0.5) is 0 Å². The van der Waals surface area contributed by atoms with Crippen molar-refractivity contribution in [1.29, 1.82) is 0 Å². The zero-order valence-electron chi connectivity index (χ0n) is 46.3. The van der Waals surface area contributed by atoms with Crippen LogP contribution in [-0.4, -0.2) is 121 Å². The zero-order valence-corrected chi connectivity index (χ0v) is 47.1. The number of nitrogens with one attached hydrogen (secondary N) is 2. The van der Waals surface area contributed by atoms with E-state index in [1.165, 1.54) is 5.56 Å². The number of pyridine rings is 1. The van der Waals surface area contributed by atoms with Gasteiger partial charge in [0.15, 0.2) is 5.78 Å². The molecule has 8 rings (SSSR count). The van der Waals surface area contributed by atoms with Crippen LogP contribution in [0.1, 0.15) is 129 Å². The molecule has 3 amide bonds. The monoisotopic (exact) mass is 1060 g/mol. The highest BCUT2D eigenvalue weighted by Gasteiger charge is 2.43. The van der Waals surface area contributed by atoms with Crippen LogP contribution in [0.25, 0.3) is 21.7 Å². The molecule has 77 heavy (non-hydrogen) atoms. The summed E-state index contributed by atoms with van der Waals surface area (Å²) in [6.07, 6.45) is 11.8. The maximum atomic E-state index is 13.5. The zero-order chi connectivity index (χ0) is 54.9. The molecular formula is C62H79N9O5S. The number of aryl methyl sites for hydroxylation is 2. The lowest BCUT2D eigenvalue weighted by Crippen LogP contribution is -2.56. The van der Waals surface area contributed by atoms with E-state index in [9.17, 15) is 24.3 Å². The van der Waals surface area contributed by atoms with E-state index in [4.69, 9.17) is 4.98 Å². The largest absolute Gasteiger partial charge is 0.391 e. The first kappa shape index (κ1) is 58.2. The van der Waals surface area contributed by atoms with E-state index in [1.54, 1.807) is 34.8 Å². The van der Waals surface area contributed by atoms with E-state index in [0.717, 1.165) is 132 Å². The average molecular weight is 1060 g/mol. The lowest BCUT2D eigenvalue weighted by atomic mass is 9.85. The van der Waals surface area contributed by atoms with E-state index in [2.05, 4.69) is 75.5 Å². The van der Waals surface area contributed by atoms with Gasteiger partial charge in [-0.3, -0.25) is 29.1 Å². The Morgan fingerprint density at radius 3 is 2.22 bits per heavy atom. The first-order chi connectivity index (χ1) is 37.1. The van der Waals surface area contributed by atoms with Crippen molar-refractivity contribution in [2.24, 2.45) is 5.41 Å². The Morgan fingerprint density at radius 1 is 0.818 bits per heavy atom. The van der Waals surface area contributed by atoms with Crippen LogP contribution in [0.5, 0.6) is 0 Å². The summed E-state index contributed by atoms with van der Waals surface area (Å²) in [5, 5.41) is 16.6. The predicted octanol–water partition coefficient (Wildman–Crippen LogP) is 9.59. The SMILES string of the molecule is CCCCCC(=O)N1CCN(Cc2ccc(C(=O)Cc3ccc(C)c(Cc4nccc(-c5cccnc5)n4)c3)cc2)CC1.CCCCN[C@H](C(=O)N1C[C@H](O)C[C@H]1C(=O)NCc1ccc(-c2scnc2C)cc1)C(C)(C)C. The highest BCUT2D eigenvalue weighted by molar-refractivity contribution is 7.13. The number of aromatic nitrogens is 4. The average Bonchev–Trinajstić information content (AvgIpc) is 4.07. The molecule has 15 heteroatoms. The summed E-state index contributed by atoms with van der Waals surface area (Å²) in [4.78, 5) is 77.0. The number of carbonyl (C=O) groups excluding carboxylic acids is 4. The molecule has 14 nitrogen and oxygen atoms in total. The first-order valence-electron chi connectivity index (χ1n) is 27.5. The Morgan fingerprint density at radius 2 is 1.55 bits per heavy atom. The second-order valence-corrected chi connectivity index (χ2v) is 22.5. The van der Waals surface area contributed by atoms with Gasteiger partial charge in [0.1, 0.15) is 11.9 Å². The van der Waals surface area contributed by atoms with Gasteiger partial charge < -0.3 is 25.5 Å². The first-order valence-corrected chi connectivity index (χ1v) is 28.4. The quantitative estimate of drug-likeness (QED) is 0.0463. The third-order valence-electron chi connectivity index (χ3n) is 14.5. The number of hydrogen-bond donors (Lipinski definition) is 3. The summed E-state index contributed by atoms with van der Waals surface area (Å²) in [5.74, 6) is 0.785. The molecule has 0 unspecified atom stereocenters. The van der Waals surface area contributed by atoms with E-state index in [-0.39, 0.29) is 36.0 Å². The number of aliphatic hydroxyl groups is 1. The Balaban J connectivity index is 0.000000230. The van der Waals surface area contributed by atoms with Crippen LogP contribution in [0, 0.1) is 19.3 Å². The molecule has 3 N–H and O–H groups in total. The molecule has 6 aromatic rings. The molecule has 2 saturated heterocycles. The summed E-state index contributed by atoms with van der Waals surface area (Å²) in [5.41, 5.74) is 11.6. The van der Waals surface area contributed by atoms with E-state index in [0.29, 0.717) is 31.7 Å². The minimum atomic E-state index is -0.696. The van der Waals surface area contributed by atoms with E-state index >= 15 is 0 Å². The fraction of sp³-hybridized carbons (Fsp3) is 0.452. The van der Waals surface area contributed by atoms with Gasteiger partial charge in [-0.25, -0.2) is 15.0 Å². The number of amides is 3. The summed E-state index contributed by atoms with van der Waals surface area (Å²) in [6.45, 7) is 19.9. The Hall–Kier alpha value is -6.52. The van der Waals surface area contributed by atoms with Crippen LogP contribution in [0.15, 0.2) is 109 Å². The summed E-state index contributed by atoms with van der Waals surface area (Å²) in [6, 6.07) is 27.0. The number of ketones is 1. The Labute approximate surface area is 460 Å². The van der Waals surface area contributed by atoms with Crippen LogP contribution in [0.2, 0.25) is 0 Å². The van der Waals surface area contributed by atoms with Crippen molar-refractivity contribution in [3.8, 4) is 21.7 Å². The Kier molecular flexibility index (Phi) is 21.3. The van der Waals surface area contributed by atoms with Crippen LogP contribution >= 0.6 is 11.3 Å². The maximum Gasteiger partial charge on any atom is 0.243 e. The van der Waals surface area contributed by atoms with Crippen molar-refractivity contribution >= 4 is 34.8 Å². The smallest absolute Gasteiger partial charge is 0.243 e. The Bertz CT molecular complexity index is 2860. The number of rotatable bonds is 21. The van der Waals surface area contributed by atoms with Gasteiger partial charge in [-0.15, -0.1) is 11.3 Å². The molecule has 5 heterocycles. The molecule has 0 bridgehead atoms. The fourth-order valence-electron chi connectivity index (χ4n) is 9.86. The molecule has 3 atom stereocenters. The number of aliphatic hydroxyl groups excluding tert-OH is 1. The van der Waals surface area contributed by atoms with Gasteiger partial charge in [-0.1, -0.05) is 121 Å². The third kappa shape index (κ3) is 16.7. The number of unbranched alkanes of at least 4 members (excludes halogenated alkanes) is 3. The summed E-state index contributed by atoms with van der Waals surface area (Å²) >= 11 is 1.61. The van der Waals surface area contributed by atoms with Crippen molar-refractivity contribution in [2.75, 3.05) is 39.3 Å². The van der Waals surface area contributed by atoms with Gasteiger partial charge in [0.2, 0.25) is 17.7 Å². The third-order valence-corrected chi connectivity index (χ3v) is 15.5. The van der Waals surface area contributed by atoms with Gasteiger partial charge in [-0.2, -0.15) is 0 Å². The molecule has 3 aromatic carbocycles. The normalized spacial score (nSPS) is 16.2. The minimum Gasteiger partial charge on any atom is -0.391 e. The van der Waals surface area contributed by atoms with Crippen molar-refractivity contribution < 1.29 is 24.3 Å². The minimum absolute atomic E-state index is 0.103. The molecule has 0 aliphatic carbocycles. The lowest BCUT2D eigenvalue weighted by molar-refractivity contribution is -0.142. The maximum absolute atomic E-state index is 13.5. The van der Waals surface area contributed by atoms with Crippen molar-refractivity contribution in [3.63, 3.8) is 0 Å². The number of β-amino-alcohol motifs (C(OH)–C–C–N with tert-alkyl or cyclic N) is 1. The summed E-state index contributed by atoms with van der Waals surface area (Å²) < 4.78 is 0. The van der Waals surface area contributed by atoms with E-state index < -0.39 is 18.2 Å². The fourth-order valence-corrected chi connectivity index (χ4v) is 10.7. The van der Waals surface area contributed by atoms with Gasteiger partial charge in [-0.05, 0) is 90.2 Å². The number of benzene rings is 3. The number of piperazine rings is 1. The molecule has 2 aliphatic heterocycles. The van der Waals surface area contributed by atoms with Crippen LogP contribution in [-0.2, 0) is 40.3 Å². The number of likely N-dealkylation sites (tertiary alicyclic amines) is 1.